The van der Waals surface area contributed by atoms with Gasteiger partial charge in [-0.15, -0.1) is 0 Å². The minimum Gasteiger partial charge on any atom is -0.370 e. The van der Waals surface area contributed by atoms with Crippen molar-refractivity contribution in [2.24, 2.45) is 7.05 Å². The standard InChI is InChI=1S/C15H19N3O3S/c1-12-11-21-15(13-6-4-3-5-7-13)10-18(12)22(19,20)14-8-16-17(2)9-14/h3-9,12,15H,10-11H2,1-2H3/t12-,15-/m0/s1. The van der Waals surface area contributed by atoms with Crippen molar-refractivity contribution in [3.63, 3.8) is 0 Å². The Morgan fingerprint density at radius 1 is 1.27 bits per heavy atom. The summed E-state index contributed by atoms with van der Waals surface area (Å²) in [6.07, 6.45) is 2.66. The molecule has 0 unspecified atom stereocenters. The Morgan fingerprint density at radius 2 is 2.00 bits per heavy atom. The summed E-state index contributed by atoms with van der Waals surface area (Å²) in [7, 11) is -1.86. The van der Waals surface area contributed by atoms with Gasteiger partial charge in [-0.25, -0.2) is 8.42 Å². The lowest BCUT2D eigenvalue weighted by Crippen LogP contribution is -2.48. The summed E-state index contributed by atoms with van der Waals surface area (Å²) in [6, 6.07) is 9.49. The summed E-state index contributed by atoms with van der Waals surface area (Å²) in [4.78, 5) is 0.218. The molecule has 0 aliphatic carbocycles. The highest BCUT2D eigenvalue weighted by Crippen LogP contribution is 2.29. The molecule has 3 rings (SSSR count). The Kier molecular flexibility index (Phi) is 4.03. The highest BCUT2D eigenvalue weighted by Gasteiger charge is 2.36. The molecular weight excluding hydrogens is 302 g/mol. The van der Waals surface area contributed by atoms with Gasteiger partial charge in [0.25, 0.3) is 0 Å². The molecule has 0 bridgehead atoms. The van der Waals surface area contributed by atoms with Crippen LogP contribution in [0.1, 0.15) is 18.6 Å². The van der Waals surface area contributed by atoms with Gasteiger partial charge in [-0.3, -0.25) is 4.68 Å². The van der Waals surface area contributed by atoms with Gasteiger partial charge in [0.2, 0.25) is 10.0 Å². The number of ether oxygens (including phenoxy) is 1. The Morgan fingerprint density at radius 3 is 2.64 bits per heavy atom. The van der Waals surface area contributed by atoms with Gasteiger partial charge in [0.1, 0.15) is 4.90 Å². The number of benzene rings is 1. The highest BCUT2D eigenvalue weighted by molar-refractivity contribution is 7.89. The van der Waals surface area contributed by atoms with E-state index >= 15 is 0 Å². The topological polar surface area (TPSA) is 64.4 Å². The van der Waals surface area contributed by atoms with Crippen LogP contribution in [0.4, 0.5) is 0 Å². The van der Waals surface area contributed by atoms with Crippen molar-refractivity contribution in [1.82, 2.24) is 14.1 Å². The van der Waals surface area contributed by atoms with Crippen molar-refractivity contribution < 1.29 is 13.2 Å². The first-order chi connectivity index (χ1) is 10.5. The molecule has 1 saturated heterocycles. The molecule has 7 heteroatoms. The molecule has 6 nitrogen and oxygen atoms in total. The van der Waals surface area contributed by atoms with Crippen LogP contribution in [0.3, 0.4) is 0 Å². The number of morpholine rings is 1. The molecule has 0 saturated carbocycles. The van der Waals surface area contributed by atoms with Gasteiger partial charge in [-0.1, -0.05) is 30.3 Å². The summed E-state index contributed by atoms with van der Waals surface area (Å²) < 4.78 is 34.4. The van der Waals surface area contributed by atoms with E-state index in [-0.39, 0.29) is 17.0 Å². The molecule has 1 aromatic heterocycles. The third kappa shape index (κ3) is 2.79. The number of hydrogen-bond donors (Lipinski definition) is 0. The first kappa shape index (κ1) is 15.2. The van der Waals surface area contributed by atoms with Gasteiger partial charge in [0.05, 0.1) is 18.9 Å². The van der Waals surface area contributed by atoms with Crippen molar-refractivity contribution in [2.45, 2.75) is 24.0 Å². The predicted molar refractivity (Wildman–Crippen MR) is 81.7 cm³/mol. The smallest absolute Gasteiger partial charge is 0.246 e. The number of hydrogen-bond acceptors (Lipinski definition) is 4. The molecule has 118 valence electrons. The van der Waals surface area contributed by atoms with Gasteiger partial charge in [-0.2, -0.15) is 9.40 Å². The lowest BCUT2D eigenvalue weighted by Gasteiger charge is -2.36. The van der Waals surface area contributed by atoms with Gasteiger partial charge < -0.3 is 4.74 Å². The van der Waals surface area contributed by atoms with Gasteiger partial charge >= 0.3 is 0 Å². The van der Waals surface area contributed by atoms with Crippen LogP contribution in [0.5, 0.6) is 0 Å². The van der Waals surface area contributed by atoms with Crippen LogP contribution in [-0.4, -0.2) is 41.7 Å². The van der Waals surface area contributed by atoms with E-state index in [1.807, 2.05) is 37.3 Å². The van der Waals surface area contributed by atoms with E-state index < -0.39 is 10.0 Å². The zero-order valence-corrected chi connectivity index (χ0v) is 13.4. The maximum absolute atomic E-state index is 12.8. The van der Waals surface area contributed by atoms with Crippen molar-refractivity contribution in [3.8, 4) is 0 Å². The van der Waals surface area contributed by atoms with E-state index in [1.54, 1.807) is 7.05 Å². The fourth-order valence-electron chi connectivity index (χ4n) is 2.61. The second kappa shape index (κ2) is 5.83. The zero-order chi connectivity index (χ0) is 15.7. The molecule has 0 amide bonds. The second-order valence-electron chi connectivity index (χ2n) is 5.51. The second-order valence-corrected chi connectivity index (χ2v) is 7.40. The molecule has 1 fully saturated rings. The molecule has 0 spiro atoms. The quantitative estimate of drug-likeness (QED) is 0.861. The average Bonchev–Trinajstić information content (AvgIpc) is 2.96. The molecule has 2 heterocycles. The van der Waals surface area contributed by atoms with E-state index in [1.165, 1.54) is 21.4 Å². The monoisotopic (exact) mass is 321 g/mol. The highest BCUT2D eigenvalue weighted by atomic mass is 32.2. The van der Waals surface area contributed by atoms with Crippen molar-refractivity contribution in [3.05, 3.63) is 48.3 Å². The lowest BCUT2D eigenvalue weighted by molar-refractivity contribution is -0.0288. The molecule has 1 aromatic carbocycles. The predicted octanol–water partition coefficient (Wildman–Crippen LogP) is 1.57. The third-order valence-corrected chi connectivity index (χ3v) is 5.77. The Balaban J connectivity index is 1.89. The van der Waals surface area contributed by atoms with Crippen LogP contribution in [0.15, 0.2) is 47.6 Å². The Labute approximate surface area is 130 Å². The molecular formula is C15H19N3O3S. The molecule has 0 N–H and O–H groups in total. The molecule has 2 atom stereocenters. The molecule has 0 radical (unpaired) electrons. The zero-order valence-electron chi connectivity index (χ0n) is 12.6. The maximum atomic E-state index is 12.8. The summed E-state index contributed by atoms with van der Waals surface area (Å²) >= 11 is 0. The minimum atomic E-state index is -3.56. The molecule has 1 aliphatic heterocycles. The molecule has 1 aliphatic rings. The van der Waals surface area contributed by atoms with Gasteiger partial charge in [0.15, 0.2) is 0 Å². The number of sulfonamides is 1. The van der Waals surface area contributed by atoms with E-state index in [9.17, 15) is 8.42 Å². The fraction of sp³-hybridized carbons (Fsp3) is 0.400. The molecule has 22 heavy (non-hydrogen) atoms. The molecule has 2 aromatic rings. The summed E-state index contributed by atoms with van der Waals surface area (Å²) in [5, 5.41) is 3.96. The fourth-order valence-corrected chi connectivity index (χ4v) is 4.21. The van der Waals surface area contributed by atoms with E-state index in [0.29, 0.717) is 13.2 Å². The van der Waals surface area contributed by atoms with Crippen molar-refractivity contribution >= 4 is 10.0 Å². The van der Waals surface area contributed by atoms with Crippen LogP contribution < -0.4 is 0 Å². The van der Waals surface area contributed by atoms with E-state index in [4.69, 9.17) is 4.74 Å². The first-order valence-corrected chi connectivity index (χ1v) is 8.59. The summed E-state index contributed by atoms with van der Waals surface area (Å²) in [5.41, 5.74) is 0.987. The van der Waals surface area contributed by atoms with E-state index in [0.717, 1.165) is 5.56 Å². The first-order valence-electron chi connectivity index (χ1n) is 7.15. The number of nitrogens with zero attached hydrogens (tertiary/aromatic N) is 3. The average molecular weight is 321 g/mol. The summed E-state index contributed by atoms with van der Waals surface area (Å²) in [6.45, 7) is 2.54. The van der Waals surface area contributed by atoms with E-state index in [2.05, 4.69) is 5.10 Å². The van der Waals surface area contributed by atoms with Crippen LogP contribution in [0.25, 0.3) is 0 Å². The minimum absolute atomic E-state index is 0.204. The SMILES string of the molecule is C[C@H]1CO[C@H](c2ccccc2)CN1S(=O)(=O)c1cnn(C)c1. The largest absolute Gasteiger partial charge is 0.370 e. The maximum Gasteiger partial charge on any atom is 0.246 e. The Bertz CT molecular complexity index is 742. The van der Waals surface area contributed by atoms with Crippen LogP contribution in [-0.2, 0) is 21.8 Å². The normalized spacial score (nSPS) is 23.5. The van der Waals surface area contributed by atoms with Crippen LogP contribution in [0.2, 0.25) is 0 Å². The van der Waals surface area contributed by atoms with Gasteiger partial charge in [0, 0.05) is 25.8 Å². The summed E-state index contributed by atoms with van der Waals surface area (Å²) in [5.74, 6) is 0. The van der Waals surface area contributed by atoms with Gasteiger partial charge in [-0.05, 0) is 12.5 Å². The van der Waals surface area contributed by atoms with Crippen molar-refractivity contribution in [1.29, 1.82) is 0 Å². The van der Waals surface area contributed by atoms with Crippen LogP contribution >= 0.6 is 0 Å². The number of rotatable bonds is 3. The van der Waals surface area contributed by atoms with Crippen molar-refractivity contribution in [2.75, 3.05) is 13.2 Å². The number of aromatic nitrogens is 2. The third-order valence-electron chi connectivity index (χ3n) is 3.84. The lowest BCUT2D eigenvalue weighted by atomic mass is 10.1. The number of aryl methyl sites for hydroxylation is 1. The van der Waals surface area contributed by atoms with Crippen LogP contribution in [0, 0.1) is 0 Å². The Hall–Kier alpha value is -1.70.